The van der Waals surface area contributed by atoms with Crippen LogP contribution in [0, 0.1) is 6.92 Å². The van der Waals surface area contributed by atoms with Gasteiger partial charge in [0.15, 0.2) is 6.29 Å². The molecule has 3 heteroatoms. The van der Waals surface area contributed by atoms with Crippen molar-refractivity contribution < 1.29 is 4.79 Å². The van der Waals surface area contributed by atoms with Crippen LogP contribution >= 0.6 is 0 Å². The van der Waals surface area contributed by atoms with Crippen molar-refractivity contribution in [3.05, 3.63) is 23.4 Å². The summed E-state index contributed by atoms with van der Waals surface area (Å²) in [5, 5.41) is 0. The molecule has 0 spiro atoms. The van der Waals surface area contributed by atoms with Crippen LogP contribution < -0.4 is 5.73 Å². The molecule has 3 nitrogen and oxygen atoms in total. The van der Waals surface area contributed by atoms with E-state index < -0.39 is 0 Å². The van der Waals surface area contributed by atoms with E-state index in [9.17, 15) is 4.79 Å². The molecule has 0 radical (unpaired) electrons. The van der Waals surface area contributed by atoms with E-state index in [0.717, 1.165) is 5.56 Å². The number of anilines is 1. The maximum Gasteiger partial charge on any atom is 0.153 e. The molecule has 0 atom stereocenters. The van der Waals surface area contributed by atoms with Gasteiger partial charge in [-0.3, -0.25) is 4.79 Å². The molecule has 1 heterocycles. The lowest BCUT2D eigenvalue weighted by molar-refractivity contribution is 0.112. The molecule has 1 aromatic heterocycles. The Morgan fingerprint density at radius 3 is 2.50 bits per heavy atom. The molecule has 0 unspecified atom stereocenters. The summed E-state index contributed by atoms with van der Waals surface area (Å²) in [6.45, 7) is 5.86. The zero-order valence-electron chi connectivity index (χ0n) is 7.66. The van der Waals surface area contributed by atoms with E-state index in [2.05, 4.69) is 4.98 Å². The number of carbonyl (C=O) groups is 1. The molecule has 1 rings (SSSR count). The van der Waals surface area contributed by atoms with Crippen molar-refractivity contribution in [1.82, 2.24) is 4.98 Å². The smallest absolute Gasteiger partial charge is 0.153 e. The van der Waals surface area contributed by atoms with Crippen LogP contribution in [0.3, 0.4) is 0 Å². The van der Waals surface area contributed by atoms with E-state index >= 15 is 0 Å². The van der Waals surface area contributed by atoms with Crippen molar-refractivity contribution in [3.63, 3.8) is 0 Å². The van der Waals surface area contributed by atoms with Crippen molar-refractivity contribution in [2.24, 2.45) is 0 Å². The summed E-state index contributed by atoms with van der Waals surface area (Å²) in [5.41, 5.74) is 6.76. The highest BCUT2D eigenvalue weighted by molar-refractivity contribution is 5.81. The fourth-order valence-electron chi connectivity index (χ4n) is 0.697. The van der Waals surface area contributed by atoms with Gasteiger partial charge in [0.1, 0.15) is 5.82 Å². The summed E-state index contributed by atoms with van der Waals surface area (Å²) < 4.78 is 0. The van der Waals surface area contributed by atoms with Crippen LogP contribution in [-0.2, 0) is 0 Å². The summed E-state index contributed by atoms with van der Waals surface area (Å²) >= 11 is 0. The van der Waals surface area contributed by atoms with Crippen LogP contribution in [0.2, 0.25) is 0 Å². The zero-order valence-corrected chi connectivity index (χ0v) is 7.66. The van der Waals surface area contributed by atoms with Crippen LogP contribution in [0.5, 0.6) is 0 Å². The van der Waals surface area contributed by atoms with Crippen LogP contribution in [-0.4, -0.2) is 11.3 Å². The Bertz CT molecular complexity index is 259. The highest BCUT2D eigenvalue weighted by atomic mass is 16.1. The molecular weight excluding hydrogens is 152 g/mol. The molecule has 0 fully saturated rings. The van der Waals surface area contributed by atoms with Crippen molar-refractivity contribution in [1.29, 1.82) is 0 Å². The molecule has 0 saturated carbocycles. The van der Waals surface area contributed by atoms with Crippen molar-refractivity contribution >= 4 is 12.1 Å². The lowest BCUT2D eigenvalue weighted by Gasteiger charge is -1.96. The van der Waals surface area contributed by atoms with E-state index in [0.29, 0.717) is 17.7 Å². The minimum atomic E-state index is 0.292. The number of aromatic nitrogens is 1. The van der Waals surface area contributed by atoms with Gasteiger partial charge in [-0.25, -0.2) is 4.98 Å². The molecule has 2 N–H and O–H groups in total. The number of hydrogen-bond acceptors (Lipinski definition) is 3. The van der Waals surface area contributed by atoms with Gasteiger partial charge in [-0.05, 0) is 18.6 Å². The molecule has 0 aliphatic carbocycles. The first kappa shape index (κ1) is 10.6. The van der Waals surface area contributed by atoms with Crippen molar-refractivity contribution in [2.75, 3.05) is 5.73 Å². The van der Waals surface area contributed by atoms with Crippen molar-refractivity contribution in [3.8, 4) is 0 Å². The van der Waals surface area contributed by atoms with E-state index in [-0.39, 0.29) is 0 Å². The summed E-state index contributed by atoms with van der Waals surface area (Å²) in [6, 6.07) is 1.70. The normalized spacial score (nSPS) is 8.25. The number of nitrogen functional groups attached to an aromatic ring is 1. The number of rotatable bonds is 1. The Morgan fingerprint density at radius 1 is 1.50 bits per heavy atom. The largest absolute Gasteiger partial charge is 0.383 e. The third-order valence-electron chi connectivity index (χ3n) is 1.21. The van der Waals surface area contributed by atoms with Crippen LogP contribution in [0.1, 0.15) is 29.8 Å². The van der Waals surface area contributed by atoms with Crippen LogP contribution in [0.25, 0.3) is 0 Å². The number of pyridine rings is 1. The quantitative estimate of drug-likeness (QED) is 0.647. The zero-order chi connectivity index (χ0) is 9.56. The van der Waals surface area contributed by atoms with Crippen molar-refractivity contribution in [2.45, 2.75) is 20.8 Å². The molecule has 66 valence electrons. The topological polar surface area (TPSA) is 56.0 Å². The maximum absolute atomic E-state index is 10.3. The van der Waals surface area contributed by atoms with Gasteiger partial charge in [0.25, 0.3) is 0 Å². The number of carbonyl (C=O) groups excluding carboxylic acids is 1. The van der Waals surface area contributed by atoms with Gasteiger partial charge in [-0.15, -0.1) is 0 Å². The monoisotopic (exact) mass is 166 g/mol. The number of nitrogens with two attached hydrogens (primary N) is 1. The summed E-state index contributed by atoms with van der Waals surface area (Å²) in [6.07, 6.45) is 2.33. The van der Waals surface area contributed by atoms with Gasteiger partial charge in [0.05, 0.1) is 5.56 Å². The average molecular weight is 166 g/mol. The second-order valence-electron chi connectivity index (χ2n) is 2.10. The molecule has 12 heavy (non-hydrogen) atoms. The Kier molecular flexibility index (Phi) is 4.69. The summed E-state index contributed by atoms with van der Waals surface area (Å²) in [5.74, 6) is 0.292. The Balaban J connectivity index is 0.000000561. The lowest BCUT2D eigenvalue weighted by Crippen LogP contribution is -1.96. The average Bonchev–Trinajstić information content (AvgIpc) is 2.13. The Morgan fingerprint density at radius 2 is 2.08 bits per heavy atom. The van der Waals surface area contributed by atoms with E-state index in [1.54, 1.807) is 12.3 Å². The fraction of sp³-hybridized carbons (Fsp3) is 0.333. The third kappa shape index (κ3) is 2.70. The van der Waals surface area contributed by atoms with Crippen LogP contribution in [0.4, 0.5) is 5.82 Å². The molecule has 0 aliphatic heterocycles. The SMILES string of the molecule is CC.Cc1cnc(N)c(C=O)c1. The lowest BCUT2D eigenvalue weighted by atomic mass is 10.2. The van der Waals surface area contributed by atoms with Crippen LogP contribution in [0.15, 0.2) is 12.3 Å². The van der Waals surface area contributed by atoms with Gasteiger partial charge in [-0.1, -0.05) is 13.8 Å². The van der Waals surface area contributed by atoms with Gasteiger partial charge in [0, 0.05) is 6.20 Å². The molecule has 0 saturated heterocycles. The van der Waals surface area contributed by atoms with Gasteiger partial charge in [-0.2, -0.15) is 0 Å². The predicted octanol–water partition coefficient (Wildman–Crippen LogP) is 1.81. The fourth-order valence-corrected chi connectivity index (χ4v) is 0.697. The second-order valence-corrected chi connectivity index (χ2v) is 2.10. The first-order valence-corrected chi connectivity index (χ1v) is 3.91. The minimum absolute atomic E-state index is 0.292. The van der Waals surface area contributed by atoms with E-state index in [1.807, 2.05) is 20.8 Å². The Labute approximate surface area is 72.6 Å². The standard InChI is InChI=1S/C7H8N2O.C2H6/c1-5-2-6(4-10)7(8)9-3-5;1-2/h2-4H,1H3,(H2,8,9);1-2H3. The van der Waals surface area contributed by atoms with Gasteiger partial charge >= 0.3 is 0 Å². The Hall–Kier alpha value is -1.38. The summed E-state index contributed by atoms with van der Waals surface area (Å²) in [7, 11) is 0. The highest BCUT2D eigenvalue weighted by Crippen LogP contribution is 2.06. The predicted molar refractivity (Wildman–Crippen MR) is 50.1 cm³/mol. The first-order chi connectivity index (χ1) is 5.74. The van der Waals surface area contributed by atoms with Gasteiger partial charge in [0.2, 0.25) is 0 Å². The number of hydrogen-bond donors (Lipinski definition) is 1. The number of nitrogens with zero attached hydrogens (tertiary/aromatic N) is 1. The summed E-state index contributed by atoms with van der Waals surface area (Å²) in [4.78, 5) is 14.1. The molecule has 1 aromatic rings. The number of aryl methyl sites for hydroxylation is 1. The maximum atomic E-state index is 10.3. The van der Waals surface area contributed by atoms with E-state index in [1.165, 1.54) is 0 Å². The molecule has 0 bridgehead atoms. The minimum Gasteiger partial charge on any atom is -0.383 e. The molecule has 0 aromatic carbocycles. The molecule has 0 amide bonds. The first-order valence-electron chi connectivity index (χ1n) is 3.91. The molecule has 0 aliphatic rings. The number of aldehydes is 1. The second kappa shape index (κ2) is 5.29. The molecular formula is C9H14N2O. The third-order valence-corrected chi connectivity index (χ3v) is 1.21. The van der Waals surface area contributed by atoms with Gasteiger partial charge < -0.3 is 5.73 Å². The van der Waals surface area contributed by atoms with E-state index in [4.69, 9.17) is 5.73 Å². The highest BCUT2D eigenvalue weighted by Gasteiger charge is 1.96.